The van der Waals surface area contributed by atoms with E-state index >= 15 is 0 Å². The fraction of sp³-hybridized carbons (Fsp3) is 0.200. The molecular formula is C15H18N3O5P. The van der Waals surface area contributed by atoms with Crippen LogP contribution in [0.4, 0.5) is 0 Å². The number of aromatic hydroxyl groups is 1. The Morgan fingerprint density at radius 3 is 2.71 bits per heavy atom. The van der Waals surface area contributed by atoms with Crippen molar-refractivity contribution >= 4 is 14.0 Å². The van der Waals surface area contributed by atoms with Crippen molar-refractivity contribution in [2.45, 2.75) is 20.1 Å². The summed E-state index contributed by atoms with van der Waals surface area (Å²) in [6, 6.07) is 9.62. The molecule has 0 fully saturated rings. The van der Waals surface area contributed by atoms with Crippen molar-refractivity contribution in [3.05, 3.63) is 58.9 Å². The van der Waals surface area contributed by atoms with Gasteiger partial charge in [-0.15, -0.1) is 0 Å². The average Bonchev–Trinajstić information content (AvgIpc) is 2.54. The van der Waals surface area contributed by atoms with Crippen LogP contribution in [0.15, 0.2) is 41.6 Å². The third kappa shape index (κ3) is 5.43. The zero-order valence-electron chi connectivity index (χ0n) is 13.0. The summed E-state index contributed by atoms with van der Waals surface area (Å²) in [6.07, 6.45) is 2.74. The molecule has 0 amide bonds. The second kappa shape index (κ2) is 8.03. The minimum Gasteiger partial charge on any atom is -0.505 e. The highest BCUT2D eigenvalue weighted by atomic mass is 31.2. The van der Waals surface area contributed by atoms with Crippen molar-refractivity contribution in [2.75, 3.05) is 0 Å². The van der Waals surface area contributed by atoms with Crippen molar-refractivity contribution in [1.29, 1.82) is 0 Å². The minimum absolute atomic E-state index is 0.118. The molecule has 0 unspecified atom stereocenters. The lowest BCUT2D eigenvalue weighted by atomic mass is 10.1. The molecule has 24 heavy (non-hydrogen) atoms. The lowest BCUT2D eigenvalue weighted by Crippen LogP contribution is -2.07. The topological polar surface area (TPSA) is 124 Å². The van der Waals surface area contributed by atoms with Crippen LogP contribution < -0.4 is 5.43 Å². The number of aryl methyl sites for hydroxylation is 1. The van der Waals surface area contributed by atoms with Gasteiger partial charge in [-0.25, -0.2) is 4.57 Å². The maximum Gasteiger partial charge on any atom is 0.469 e. The smallest absolute Gasteiger partial charge is 0.469 e. The molecule has 2 rings (SSSR count). The van der Waals surface area contributed by atoms with Gasteiger partial charge < -0.3 is 20.3 Å². The second-order valence-corrected chi connectivity index (χ2v) is 6.21. The highest BCUT2D eigenvalue weighted by Crippen LogP contribution is 2.37. The predicted octanol–water partition coefficient (Wildman–Crippen LogP) is 1.83. The Morgan fingerprint density at radius 1 is 1.33 bits per heavy atom. The summed E-state index contributed by atoms with van der Waals surface area (Å²) in [6.45, 7) is 1.71. The van der Waals surface area contributed by atoms with Crippen LogP contribution in [-0.4, -0.2) is 26.1 Å². The highest BCUT2D eigenvalue weighted by molar-refractivity contribution is 7.46. The molecule has 2 aromatic rings. The van der Waals surface area contributed by atoms with Gasteiger partial charge >= 0.3 is 7.82 Å². The first-order valence-corrected chi connectivity index (χ1v) is 8.57. The van der Waals surface area contributed by atoms with E-state index in [9.17, 15) is 9.67 Å². The first-order valence-electron chi connectivity index (χ1n) is 7.04. The molecule has 1 aromatic heterocycles. The third-order valence-corrected chi connectivity index (χ3v) is 3.62. The minimum atomic E-state index is -4.62. The van der Waals surface area contributed by atoms with Crippen LogP contribution in [0.1, 0.15) is 22.4 Å². The Morgan fingerprint density at radius 2 is 2.04 bits per heavy atom. The summed E-state index contributed by atoms with van der Waals surface area (Å²) in [7, 11) is -4.62. The number of phosphoric acid groups is 1. The molecule has 128 valence electrons. The van der Waals surface area contributed by atoms with E-state index in [1.165, 1.54) is 12.4 Å². The van der Waals surface area contributed by atoms with Gasteiger partial charge in [0.15, 0.2) is 0 Å². The van der Waals surface area contributed by atoms with Crippen LogP contribution in [-0.2, 0) is 22.2 Å². The molecular weight excluding hydrogens is 333 g/mol. The van der Waals surface area contributed by atoms with E-state index < -0.39 is 14.4 Å². The number of rotatable bonds is 7. The highest BCUT2D eigenvalue weighted by Gasteiger charge is 2.17. The van der Waals surface area contributed by atoms with Gasteiger partial charge in [-0.2, -0.15) is 5.10 Å². The van der Waals surface area contributed by atoms with Gasteiger partial charge in [0.1, 0.15) is 5.75 Å². The normalized spacial score (nSPS) is 11.8. The number of pyridine rings is 1. The van der Waals surface area contributed by atoms with E-state index in [1.807, 2.05) is 30.3 Å². The van der Waals surface area contributed by atoms with E-state index in [0.29, 0.717) is 17.8 Å². The van der Waals surface area contributed by atoms with Crippen LogP contribution in [0.25, 0.3) is 0 Å². The number of hydrogen-bond acceptors (Lipinski definition) is 6. The molecule has 1 heterocycles. The Kier molecular flexibility index (Phi) is 6.05. The number of hydrogen-bond donors (Lipinski definition) is 4. The summed E-state index contributed by atoms with van der Waals surface area (Å²) in [5.41, 5.74) is 4.85. The average molecular weight is 351 g/mol. The van der Waals surface area contributed by atoms with Gasteiger partial charge in [-0.05, 0) is 12.5 Å². The van der Waals surface area contributed by atoms with Crippen LogP contribution in [0.5, 0.6) is 5.75 Å². The fourth-order valence-electron chi connectivity index (χ4n) is 1.91. The Labute approximate surface area is 139 Å². The van der Waals surface area contributed by atoms with Gasteiger partial charge in [0, 0.05) is 17.3 Å². The SMILES string of the molecule is Cc1ncc(COP(=O)(O)O)c(C=NNCc2ccccc2)c1O. The maximum absolute atomic E-state index is 10.8. The van der Waals surface area contributed by atoms with E-state index in [0.717, 1.165) is 5.56 Å². The van der Waals surface area contributed by atoms with Crippen LogP contribution in [0.3, 0.4) is 0 Å². The number of benzene rings is 1. The molecule has 8 nitrogen and oxygen atoms in total. The lowest BCUT2D eigenvalue weighted by Gasteiger charge is -2.10. The lowest BCUT2D eigenvalue weighted by molar-refractivity contribution is 0.188. The van der Waals surface area contributed by atoms with Crippen LogP contribution in [0, 0.1) is 6.92 Å². The van der Waals surface area contributed by atoms with Crippen molar-refractivity contribution in [3.63, 3.8) is 0 Å². The number of aromatic nitrogens is 1. The van der Waals surface area contributed by atoms with Crippen molar-refractivity contribution in [3.8, 4) is 5.75 Å². The van der Waals surface area contributed by atoms with Gasteiger partial charge in [0.05, 0.1) is 25.1 Å². The van der Waals surface area contributed by atoms with E-state index in [1.54, 1.807) is 6.92 Å². The van der Waals surface area contributed by atoms with E-state index in [-0.39, 0.29) is 11.3 Å². The molecule has 0 aliphatic carbocycles. The Balaban J connectivity index is 2.10. The molecule has 9 heteroatoms. The first kappa shape index (κ1) is 18.1. The zero-order valence-corrected chi connectivity index (χ0v) is 13.8. The summed E-state index contributed by atoms with van der Waals surface area (Å²) in [4.78, 5) is 21.5. The fourth-order valence-corrected chi connectivity index (χ4v) is 2.22. The van der Waals surface area contributed by atoms with Crippen molar-refractivity contribution in [1.82, 2.24) is 10.4 Å². The summed E-state index contributed by atoms with van der Waals surface area (Å²) in [5.74, 6) is -0.118. The van der Waals surface area contributed by atoms with Crippen LogP contribution in [0.2, 0.25) is 0 Å². The molecule has 0 atom stereocenters. The molecule has 0 spiro atoms. The quantitative estimate of drug-likeness (QED) is 0.341. The van der Waals surface area contributed by atoms with Crippen LogP contribution >= 0.6 is 7.82 Å². The molecule has 0 bridgehead atoms. The molecule has 0 aliphatic rings. The number of nitrogens with zero attached hydrogens (tertiary/aromatic N) is 2. The molecule has 0 aliphatic heterocycles. The molecule has 0 radical (unpaired) electrons. The molecule has 0 saturated carbocycles. The standard InChI is InChI=1S/C15H18N3O5P/c1-11-15(19)14(13(8-16-11)10-23-24(20,21)22)9-18-17-7-12-5-3-2-4-6-12/h2-6,8-9,17,19H,7,10H2,1H3,(H2,20,21,22). The maximum atomic E-state index is 10.8. The van der Waals surface area contributed by atoms with Crippen molar-refractivity contribution in [2.24, 2.45) is 5.10 Å². The number of hydrazone groups is 1. The largest absolute Gasteiger partial charge is 0.505 e. The monoisotopic (exact) mass is 351 g/mol. The van der Waals surface area contributed by atoms with Gasteiger partial charge in [-0.1, -0.05) is 30.3 Å². The summed E-state index contributed by atoms with van der Waals surface area (Å²) < 4.78 is 15.3. The number of nitrogens with one attached hydrogen (secondary N) is 1. The number of phosphoric ester groups is 1. The third-order valence-electron chi connectivity index (χ3n) is 3.16. The predicted molar refractivity (Wildman–Crippen MR) is 88.3 cm³/mol. The second-order valence-electron chi connectivity index (χ2n) is 4.97. The Hall–Kier alpha value is -2.25. The molecule has 1 aromatic carbocycles. The first-order chi connectivity index (χ1) is 11.4. The van der Waals surface area contributed by atoms with Gasteiger partial charge in [0.2, 0.25) is 0 Å². The Bertz CT molecular complexity index is 761. The van der Waals surface area contributed by atoms with E-state index in [4.69, 9.17) is 9.79 Å². The van der Waals surface area contributed by atoms with Gasteiger partial charge in [0.25, 0.3) is 0 Å². The van der Waals surface area contributed by atoms with Crippen molar-refractivity contribution < 1.29 is 24.0 Å². The summed E-state index contributed by atoms with van der Waals surface area (Å²) in [5, 5.41) is 14.1. The zero-order chi connectivity index (χ0) is 17.6. The molecule has 0 saturated heterocycles. The molecule has 4 N–H and O–H groups in total. The van der Waals surface area contributed by atoms with E-state index in [2.05, 4.69) is 20.0 Å². The summed E-state index contributed by atoms with van der Waals surface area (Å²) >= 11 is 0. The van der Waals surface area contributed by atoms with Gasteiger partial charge in [-0.3, -0.25) is 9.51 Å².